The minimum Gasteiger partial charge on any atom is -0.394 e. The lowest BCUT2D eigenvalue weighted by molar-refractivity contribution is -0.438. The molecule has 4 aliphatic rings. The van der Waals surface area contributed by atoms with E-state index in [-0.39, 0.29) is 23.2 Å². The number of benzene rings is 2. The standard InChI is InChI=1S/C47H62ClFN4O5/c1-6-7-14-28-52-35-21-12-10-19-33(35)46(2,3)38(52)26-24-31-17-16-18-32(41(31)48)25-27-39-47(4,5)34-20-11-13-22-36(34)53(39)29-15-8-9-23-40(55)50-51-45-42(49)44(57)43(56)37(30-54)58-45/h10-13,19-22,24-27,37,42-45,51,54,56-57H,6-9,14-18,23,28-30H2,1-5H3/p+1/t37?,42?,43-,44-,45-/m1/s1/i49-1. The summed E-state index contributed by atoms with van der Waals surface area (Å²) in [6.45, 7) is 12.6. The number of amides is 1. The van der Waals surface area contributed by atoms with Crippen LogP contribution in [0.4, 0.5) is 15.8 Å². The van der Waals surface area contributed by atoms with Gasteiger partial charge in [0.1, 0.15) is 24.9 Å². The second-order valence-electron chi connectivity index (χ2n) is 17.2. The molecule has 314 valence electrons. The summed E-state index contributed by atoms with van der Waals surface area (Å²) in [4.78, 5) is 15.0. The fraction of sp³-hybridized carbons (Fsp3) is 0.532. The van der Waals surface area contributed by atoms with Gasteiger partial charge >= 0.3 is 0 Å². The van der Waals surface area contributed by atoms with Gasteiger partial charge in [-0.15, -0.1) is 0 Å². The van der Waals surface area contributed by atoms with Crippen molar-refractivity contribution in [2.75, 3.05) is 24.6 Å². The van der Waals surface area contributed by atoms with E-state index in [0.29, 0.717) is 6.42 Å². The monoisotopic (exact) mass is 816 g/mol. The number of allylic oxidation sites excluding steroid dienone is 8. The van der Waals surface area contributed by atoms with Crippen LogP contribution in [-0.2, 0) is 20.4 Å². The Morgan fingerprint density at radius 2 is 1.69 bits per heavy atom. The second-order valence-corrected chi connectivity index (χ2v) is 17.5. The molecule has 1 aliphatic carbocycles. The molecule has 3 aliphatic heterocycles. The Morgan fingerprint density at radius 1 is 0.948 bits per heavy atom. The number of hydrazine groups is 1. The number of hydrogen-bond donors (Lipinski definition) is 5. The van der Waals surface area contributed by atoms with E-state index < -0.39 is 37.3 Å². The van der Waals surface area contributed by atoms with Crippen molar-refractivity contribution >= 4 is 34.6 Å². The van der Waals surface area contributed by atoms with Crippen molar-refractivity contribution in [3.8, 4) is 0 Å². The summed E-state index contributed by atoms with van der Waals surface area (Å²) in [6, 6.07) is 17.4. The fourth-order valence-corrected chi connectivity index (χ4v) is 9.31. The molecule has 9 nitrogen and oxygen atoms in total. The first kappa shape index (κ1) is 43.9. The van der Waals surface area contributed by atoms with E-state index in [1.54, 1.807) is 0 Å². The Morgan fingerprint density at radius 3 is 2.45 bits per heavy atom. The van der Waals surface area contributed by atoms with Gasteiger partial charge in [0.25, 0.3) is 0 Å². The minimum atomic E-state index is -1.98. The quantitative estimate of drug-likeness (QED) is 0.0662. The lowest BCUT2D eigenvalue weighted by atomic mass is 9.81. The van der Waals surface area contributed by atoms with Crippen molar-refractivity contribution in [1.82, 2.24) is 10.9 Å². The molecule has 0 spiro atoms. The van der Waals surface area contributed by atoms with Crippen molar-refractivity contribution in [2.24, 2.45) is 0 Å². The maximum absolute atomic E-state index is 14.5. The van der Waals surface area contributed by atoms with Crippen LogP contribution in [0.3, 0.4) is 0 Å². The highest BCUT2D eigenvalue weighted by atomic mass is 35.5. The molecule has 2 aromatic rings. The summed E-state index contributed by atoms with van der Waals surface area (Å²) < 4.78 is 22.3. The zero-order valence-corrected chi connectivity index (χ0v) is 35.6. The molecule has 1 saturated heterocycles. The number of para-hydroxylation sites is 2. The molecule has 11 heteroatoms. The number of carbonyl (C=O) groups excluding carboxylic acids is 1. The molecular formula is C47H63ClFN4O5+. The molecule has 2 unspecified atom stereocenters. The van der Waals surface area contributed by atoms with Crippen LogP contribution in [-0.4, -0.2) is 81.9 Å². The van der Waals surface area contributed by atoms with Crippen molar-refractivity contribution in [1.29, 1.82) is 0 Å². The van der Waals surface area contributed by atoms with E-state index in [0.717, 1.165) is 62.2 Å². The third-order valence-electron chi connectivity index (χ3n) is 12.4. The van der Waals surface area contributed by atoms with Gasteiger partial charge in [-0.05, 0) is 81.2 Å². The maximum atomic E-state index is 14.5. The summed E-state index contributed by atoms with van der Waals surface area (Å²) in [5.41, 5.74) is 14.6. The lowest BCUT2D eigenvalue weighted by Gasteiger charge is -2.38. The van der Waals surface area contributed by atoms with E-state index >= 15 is 0 Å². The van der Waals surface area contributed by atoms with Crippen LogP contribution in [0.2, 0.25) is 0 Å². The molecule has 0 aromatic heterocycles. The SMILES string of the molecule is CCCCC[N+]1=C(/C=C/C2=C(Cl)C(=C/C=C3/N(CCCCCC(=O)NN[C@@H]4OC(CO)[C@@H](O)[C@H](O)C4[18F])c4ccccc4C3(C)C)/CCC2)C(C)(C)c2ccccc21. The first-order chi connectivity index (χ1) is 27.8. The van der Waals surface area contributed by atoms with Gasteiger partial charge in [0, 0.05) is 58.9 Å². The predicted molar refractivity (Wildman–Crippen MR) is 230 cm³/mol. The molecule has 58 heavy (non-hydrogen) atoms. The number of aliphatic hydroxyl groups is 3. The number of nitrogens with zero attached hydrogens (tertiary/aromatic N) is 2. The highest BCUT2D eigenvalue weighted by molar-refractivity contribution is 6.32. The van der Waals surface area contributed by atoms with Crippen LogP contribution in [0.1, 0.15) is 110 Å². The lowest BCUT2D eigenvalue weighted by Crippen LogP contribution is -2.63. The van der Waals surface area contributed by atoms with Gasteiger partial charge < -0.3 is 25.0 Å². The second kappa shape index (κ2) is 19.2. The molecule has 1 amide bonds. The van der Waals surface area contributed by atoms with Gasteiger partial charge in [0.2, 0.25) is 11.6 Å². The number of ether oxygens (including phenoxy) is 1. The molecule has 0 saturated carbocycles. The fourth-order valence-electron chi connectivity index (χ4n) is 8.99. The minimum absolute atomic E-state index is 0.104. The van der Waals surface area contributed by atoms with Gasteiger partial charge in [-0.25, -0.2) is 9.82 Å². The highest BCUT2D eigenvalue weighted by Crippen LogP contribution is 2.48. The normalized spacial score (nSPS) is 26.6. The van der Waals surface area contributed by atoms with Gasteiger partial charge in [-0.1, -0.05) is 93.8 Å². The van der Waals surface area contributed by atoms with Crippen LogP contribution in [0, 0.1) is 0 Å². The summed E-state index contributed by atoms with van der Waals surface area (Å²) in [6.07, 6.45) is 10.2. The number of alkyl halides is 1. The van der Waals surface area contributed by atoms with E-state index in [1.165, 1.54) is 52.3 Å². The number of halogens is 2. The highest BCUT2D eigenvalue weighted by Gasteiger charge is 2.46. The number of unbranched alkanes of at least 4 members (excludes halogenated alkanes) is 4. The van der Waals surface area contributed by atoms with Crippen LogP contribution in [0.15, 0.2) is 94.7 Å². The Hall–Kier alpha value is -3.64. The van der Waals surface area contributed by atoms with Crippen molar-refractivity contribution in [3.05, 3.63) is 106 Å². The van der Waals surface area contributed by atoms with Crippen LogP contribution in [0.25, 0.3) is 0 Å². The third-order valence-corrected chi connectivity index (χ3v) is 12.9. The summed E-state index contributed by atoms with van der Waals surface area (Å²) >= 11 is 7.26. The van der Waals surface area contributed by atoms with Gasteiger partial charge in [-0.3, -0.25) is 10.2 Å². The van der Waals surface area contributed by atoms with Crippen LogP contribution >= 0.6 is 11.6 Å². The van der Waals surface area contributed by atoms with E-state index in [9.17, 15) is 24.5 Å². The molecule has 5 atom stereocenters. The van der Waals surface area contributed by atoms with Gasteiger partial charge in [-0.2, -0.15) is 4.58 Å². The first-order valence-electron chi connectivity index (χ1n) is 21.2. The number of aliphatic hydroxyl groups excluding tert-OH is 3. The number of rotatable bonds is 16. The molecule has 3 heterocycles. The van der Waals surface area contributed by atoms with Gasteiger partial charge in [0.15, 0.2) is 18.1 Å². The molecule has 6 rings (SSSR count). The van der Waals surface area contributed by atoms with Crippen molar-refractivity contribution < 1.29 is 33.8 Å². The molecule has 1 fully saturated rings. The maximum Gasteiger partial charge on any atom is 0.234 e. The molecule has 0 bridgehead atoms. The van der Waals surface area contributed by atoms with Crippen molar-refractivity contribution in [2.45, 2.75) is 140 Å². The zero-order chi connectivity index (χ0) is 41.6. The number of carbonyl (C=O) groups is 1. The topological polar surface area (TPSA) is 117 Å². The van der Waals surface area contributed by atoms with E-state index in [2.05, 4.69) is 128 Å². The van der Waals surface area contributed by atoms with Gasteiger partial charge in [0.05, 0.1) is 12.0 Å². The van der Waals surface area contributed by atoms with E-state index in [1.807, 2.05) is 0 Å². The average Bonchev–Trinajstić information content (AvgIpc) is 3.56. The predicted octanol–water partition coefficient (Wildman–Crippen LogP) is 8.05. The van der Waals surface area contributed by atoms with E-state index in [4.69, 9.17) is 16.3 Å². The number of fused-ring (bicyclic) bond motifs is 2. The molecular weight excluding hydrogens is 754 g/mol. The largest absolute Gasteiger partial charge is 0.394 e. The summed E-state index contributed by atoms with van der Waals surface area (Å²) in [7, 11) is 0. The Bertz CT molecular complexity index is 1950. The Balaban J connectivity index is 1.12. The zero-order valence-electron chi connectivity index (χ0n) is 34.8. The number of hydrogen-bond acceptors (Lipinski definition) is 7. The number of nitrogens with one attached hydrogen (secondary N) is 2. The average molecular weight is 817 g/mol. The molecule has 5 N–H and O–H groups in total. The summed E-state index contributed by atoms with van der Waals surface area (Å²) in [5.74, 6) is -0.344. The first-order valence-corrected chi connectivity index (χ1v) is 21.6. The van der Waals surface area contributed by atoms with Crippen LogP contribution < -0.4 is 15.8 Å². The number of anilines is 1. The molecule has 0 radical (unpaired) electrons. The Labute approximate surface area is 349 Å². The molecule has 2 aromatic carbocycles. The smallest absolute Gasteiger partial charge is 0.234 e. The van der Waals surface area contributed by atoms with Crippen molar-refractivity contribution in [3.63, 3.8) is 0 Å². The Kier molecular flexibility index (Phi) is 14.5. The third kappa shape index (κ3) is 9.23. The van der Waals surface area contributed by atoms with Crippen LogP contribution in [0.5, 0.6) is 0 Å². The summed E-state index contributed by atoms with van der Waals surface area (Å²) in [5, 5.41) is 30.0.